The monoisotopic (exact) mass is 230 g/mol. The highest BCUT2D eigenvalue weighted by molar-refractivity contribution is 7.17. The van der Waals surface area contributed by atoms with Gasteiger partial charge in [0.2, 0.25) is 5.78 Å². The number of ether oxygens (including phenoxy) is 1. The van der Waals surface area contributed by atoms with Crippen LogP contribution in [0.1, 0.15) is 16.8 Å². The zero-order valence-corrected chi connectivity index (χ0v) is 9.42. The lowest BCUT2D eigenvalue weighted by atomic mass is 10.1. The molecule has 16 heavy (non-hydrogen) atoms. The van der Waals surface area contributed by atoms with Crippen molar-refractivity contribution in [3.05, 3.63) is 47.0 Å². The molecule has 0 spiro atoms. The molecule has 0 bridgehead atoms. The summed E-state index contributed by atoms with van der Waals surface area (Å²) >= 11 is 1.60. The van der Waals surface area contributed by atoms with Crippen LogP contribution in [0.2, 0.25) is 0 Å². The third-order valence-corrected chi connectivity index (χ3v) is 3.62. The summed E-state index contributed by atoms with van der Waals surface area (Å²) in [6.45, 7) is 0.628. The zero-order valence-electron chi connectivity index (χ0n) is 8.60. The van der Waals surface area contributed by atoms with Gasteiger partial charge in [0, 0.05) is 27.5 Å². The average molecular weight is 230 g/mol. The van der Waals surface area contributed by atoms with Crippen molar-refractivity contribution in [2.24, 2.45) is 0 Å². The third kappa shape index (κ3) is 1.44. The lowest BCUT2D eigenvalue weighted by molar-refractivity contribution is 0.0944. The quantitative estimate of drug-likeness (QED) is 0.739. The standard InChI is InChI=1S/C13H10O2S/c14-13(11-5-3-7-15-11)10-8-16-12-6-2-1-4-9(10)12/h1-2,4-6,8H,3,7H2. The van der Waals surface area contributed by atoms with Crippen LogP contribution in [0, 0.1) is 0 Å². The molecule has 0 amide bonds. The van der Waals surface area contributed by atoms with Crippen molar-refractivity contribution in [2.75, 3.05) is 6.61 Å². The second kappa shape index (κ2) is 3.76. The molecule has 1 aromatic carbocycles. The maximum absolute atomic E-state index is 12.1. The summed E-state index contributed by atoms with van der Waals surface area (Å²) in [7, 11) is 0. The molecule has 0 aliphatic carbocycles. The molecule has 1 aliphatic heterocycles. The van der Waals surface area contributed by atoms with Crippen LogP contribution < -0.4 is 0 Å². The highest BCUT2D eigenvalue weighted by Crippen LogP contribution is 2.28. The van der Waals surface area contributed by atoms with Crippen molar-refractivity contribution < 1.29 is 9.53 Å². The molecule has 3 rings (SSSR count). The van der Waals surface area contributed by atoms with E-state index in [1.54, 1.807) is 11.3 Å². The van der Waals surface area contributed by atoms with Crippen molar-refractivity contribution in [1.82, 2.24) is 0 Å². The van der Waals surface area contributed by atoms with Gasteiger partial charge < -0.3 is 4.74 Å². The van der Waals surface area contributed by atoms with E-state index < -0.39 is 0 Å². The summed E-state index contributed by atoms with van der Waals surface area (Å²) in [5.74, 6) is 0.513. The van der Waals surface area contributed by atoms with Crippen LogP contribution >= 0.6 is 11.3 Å². The largest absolute Gasteiger partial charge is 0.489 e. The Morgan fingerprint density at radius 3 is 3.00 bits per heavy atom. The van der Waals surface area contributed by atoms with E-state index in [2.05, 4.69) is 0 Å². The summed E-state index contributed by atoms with van der Waals surface area (Å²) in [6.07, 6.45) is 2.71. The number of fused-ring (bicyclic) bond motifs is 1. The Hall–Kier alpha value is -1.61. The van der Waals surface area contributed by atoms with Crippen LogP contribution in [0.5, 0.6) is 0 Å². The molecule has 2 aromatic rings. The molecule has 0 atom stereocenters. The fourth-order valence-corrected chi connectivity index (χ4v) is 2.80. The van der Waals surface area contributed by atoms with Crippen molar-refractivity contribution in [3.8, 4) is 0 Å². The molecule has 0 saturated heterocycles. The van der Waals surface area contributed by atoms with Gasteiger partial charge in [0.1, 0.15) is 0 Å². The lowest BCUT2D eigenvalue weighted by Crippen LogP contribution is -2.02. The number of carbonyl (C=O) groups is 1. The second-order valence-corrected chi connectivity index (χ2v) is 4.59. The van der Waals surface area contributed by atoms with E-state index >= 15 is 0 Å². The first-order valence-electron chi connectivity index (χ1n) is 5.20. The smallest absolute Gasteiger partial charge is 0.228 e. The highest BCUT2D eigenvalue weighted by Gasteiger charge is 2.19. The number of thiophene rings is 1. The molecule has 2 nitrogen and oxygen atoms in total. The topological polar surface area (TPSA) is 26.3 Å². The first-order chi connectivity index (χ1) is 7.86. The second-order valence-electron chi connectivity index (χ2n) is 3.68. The van der Waals surface area contributed by atoms with Gasteiger partial charge in [-0.15, -0.1) is 11.3 Å². The van der Waals surface area contributed by atoms with Crippen molar-refractivity contribution >= 4 is 27.2 Å². The summed E-state index contributed by atoms with van der Waals surface area (Å²) < 4.78 is 6.45. The van der Waals surface area contributed by atoms with Crippen LogP contribution in [0.4, 0.5) is 0 Å². The van der Waals surface area contributed by atoms with Crippen LogP contribution in [0.15, 0.2) is 41.5 Å². The Balaban J connectivity index is 2.09. The van der Waals surface area contributed by atoms with Gasteiger partial charge in [-0.1, -0.05) is 18.2 Å². The maximum Gasteiger partial charge on any atom is 0.228 e. The van der Waals surface area contributed by atoms with Crippen LogP contribution in [-0.4, -0.2) is 12.4 Å². The Labute approximate surface area is 97.2 Å². The number of rotatable bonds is 2. The van der Waals surface area contributed by atoms with Crippen LogP contribution in [-0.2, 0) is 4.74 Å². The fraction of sp³-hybridized carbons (Fsp3) is 0.154. The minimum absolute atomic E-state index is 0.00921. The molecule has 1 aromatic heterocycles. The summed E-state index contributed by atoms with van der Waals surface area (Å²) in [5, 5.41) is 2.93. The first kappa shape index (κ1) is 9.60. The Bertz CT molecular complexity index is 580. The number of hydrogen-bond donors (Lipinski definition) is 0. The molecular weight excluding hydrogens is 220 g/mol. The summed E-state index contributed by atoms with van der Waals surface area (Å²) in [5.41, 5.74) is 0.758. The summed E-state index contributed by atoms with van der Waals surface area (Å²) in [4.78, 5) is 12.1. The van der Waals surface area contributed by atoms with Gasteiger partial charge in [0.05, 0.1) is 6.61 Å². The van der Waals surface area contributed by atoms with Crippen LogP contribution in [0.3, 0.4) is 0 Å². The predicted octanol–water partition coefficient (Wildman–Crippen LogP) is 3.39. The molecule has 80 valence electrons. The number of ketones is 1. The number of hydrogen-bond acceptors (Lipinski definition) is 3. The Kier molecular flexibility index (Phi) is 2.26. The van der Waals surface area contributed by atoms with E-state index in [1.807, 2.05) is 35.7 Å². The van der Waals surface area contributed by atoms with Gasteiger partial charge >= 0.3 is 0 Å². The zero-order chi connectivity index (χ0) is 11.0. The van der Waals surface area contributed by atoms with Gasteiger partial charge in [0.15, 0.2) is 5.76 Å². The van der Waals surface area contributed by atoms with Gasteiger partial charge in [-0.3, -0.25) is 4.79 Å². The number of carbonyl (C=O) groups excluding carboxylic acids is 1. The van der Waals surface area contributed by atoms with Crippen molar-refractivity contribution in [1.29, 1.82) is 0 Å². The van der Waals surface area contributed by atoms with Crippen molar-refractivity contribution in [3.63, 3.8) is 0 Å². The Morgan fingerprint density at radius 2 is 2.19 bits per heavy atom. The predicted molar refractivity (Wildman–Crippen MR) is 64.8 cm³/mol. The fourth-order valence-electron chi connectivity index (χ4n) is 1.86. The SMILES string of the molecule is O=C(C1=CCCO1)c1csc2ccccc12. The van der Waals surface area contributed by atoms with E-state index in [4.69, 9.17) is 4.74 Å². The number of Topliss-reactive ketones (excluding diaryl/α,β-unsaturated/α-hetero) is 1. The van der Waals surface area contributed by atoms with E-state index in [-0.39, 0.29) is 5.78 Å². The van der Waals surface area contributed by atoms with Crippen LogP contribution in [0.25, 0.3) is 10.1 Å². The van der Waals surface area contributed by atoms with Gasteiger partial charge in [-0.05, 0) is 12.1 Å². The minimum Gasteiger partial charge on any atom is -0.489 e. The van der Waals surface area contributed by atoms with Gasteiger partial charge in [-0.2, -0.15) is 0 Å². The van der Waals surface area contributed by atoms with E-state index in [0.29, 0.717) is 12.4 Å². The number of benzene rings is 1. The average Bonchev–Trinajstić information content (AvgIpc) is 2.98. The minimum atomic E-state index is 0.00921. The molecule has 0 N–H and O–H groups in total. The van der Waals surface area contributed by atoms with Crippen molar-refractivity contribution in [2.45, 2.75) is 6.42 Å². The molecule has 0 unspecified atom stereocenters. The lowest BCUT2D eigenvalue weighted by Gasteiger charge is -2.01. The maximum atomic E-state index is 12.1. The third-order valence-electron chi connectivity index (χ3n) is 2.65. The molecule has 1 aliphatic rings. The first-order valence-corrected chi connectivity index (χ1v) is 6.08. The van der Waals surface area contributed by atoms with E-state index in [0.717, 1.165) is 22.1 Å². The van der Waals surface area contributed by atoms with Gasteiger partial charge in [0.25, 0.3) is 0 Å². The summed E-state index contributed by atoms with van der Waals surface area (Å²) in [6, 6.07) is 7.95. The Morgan fingerprint density at radius 1 is 1.31 bits per heavy atom. The highest BCUT2D eigenvalue weighted by atomic mass is 32.1. The molecule has 0 radical (unpaired) electrons. The van der Waals surface area contributed by atoms with E-state index in [1.165, 1.54) is 0 Å². The molecule has 0 fully saturated rings. The molecule has 0 saturated carbocycles. The molecular formula is C13H10O2S. The van der Waals surface area contributed by atoms with E-state index in [9.17, 15) is 4.79 Å². The van der Waals surface area contributed by atoms with Gasteiger partial charge in [-0.25, -0.2) is 0 Å². The number of allylic oxidation sites excluding steroid dienone is 1. The molecule has 3 heteroatoms. The normalized spacial score (nSPS) is 14.9. The molecule has 2 heterocycles.